The zero-order chi connectivity index (χ0) is 33.3. The van der Waals surface area contributed by atoms with Crippen molar-refractivity contribution in [2.24, 2.45) is 45.6 Å². The molecule has 0 aliphatic heterocycles. The lowest BCUT2D eigenvalue weighted by molar-refractivity contribution is -0.166. The number of ketones is 4. The highest BCUT2D eigenvalue weighted by Gasteiger charge is 2.78. The maximum absolute atomic E-state index is 14.4. The fraction of sp³-hybridized carbons (Fsp3) is 0.552. The van der Waals surface area contributed by atoms with Crippen molar-refractivity contribution in [3.8, 4) is 11.8 Å². The summed E-state index contributed by atoms with van der Waals surface area (Å²) in [4.78, 5) is 82.0. The average molecular weight is 612 g/mol. The van der Waals surface area contributed by atoms with E-state index in [0.717, 1.165) is 0 Å². The molecule has 1 aromatic carbocycles. The van der Waals surface area contributed by atoms with Crippen molar-refractivity contribution in [1.82, 2.24) is 4.90 Å². The number of nitrogens with zero attached hydrogens (tertiary/aromatic N) is 2. The molecule has 2 amide bonds. The molecule has 2 fully saturated rings. The number of anilines is 1. The number of rotatable bonds is 5. The quantitative estimate of drug-likeness (QED) is 0.170. The number of primary amides is 1. The van der Waals surface area contributed by atoms with Gasteiger partial charge in [-0.1, -0.05) is 20.8 Å². The Labute approximate surface area is 253 Å². The second kappa shape index (κ2) is 10.4. The highest BCUT2D eigenvalue weighted by molar-refractivity contribution is 6.33. The summed E-state index contributed by atoms with van der Waals surface area (Å²) in [6.07, 6.45) is -1.75. The molecule has 0 spiro atoms. The van der Waals surface area contributed by atoms with Crippen molar-refractivity contribution in [3.63, 3.8) is 0 Å². The van der Waals surface area contributed by atoms with Crippen LogP contribution in [0.25, 0.3) is 0 Å². The number of fused-ring (bicyclic) bond motifs is 3. The number of phenolic OH excluding ortho intramolecular Hbond substituents is 1. The van der Waals surface area contributed by atoms with E-state index in [1.54, 1.807) is 6.07 Å². The SMILES string of the molecule is CN(C)[C@@H]1C(=O)C(C(N)=O)C(=O)[C@@]2(C#N)C(=O)C3C(=O)c4c(O)c(NC(=O)OCC(C)(C)C)cc(CN)c4C[C@@]3(N)C[C@@]12N. The summed E-state index contributed by atoms with van der Waals surface area (Å²) in [5, 5.41) is 24.1. The Morgan fingerprint density at radius 2 is 1.80 bits per heavy atom. The second-order valence-corrected chi connectivity index (χ2v) is 13.4. The third-order valence-corrected chi connectivity index (χ3v) is 8.78. The summed E-state index contributed by atoms with van der Waals surface area (Å²) in [6, 6.07) is 1.48. The molecule has 44 heavy (non-hydrogen) atoms. The highest BCUT2D eigenvalue weighted by atomic mass is 16.5. The van der Waals surface area contributed by atoms with Gasteiger partial charge in [-0.15, -0.1) is 0 Å². The van der Waals surface area contributed by atoms with Crippen LogP contribution >= 0.6 is 0 Å². The van der Waals surface area contributed by atoms with Crippen molar-refractivity contribution < 1.29 is 38.6 Å². The molecule has 4 rings (SSSR count). The molecule has 15 nitrogen and oxygen atoms in total. The van der Waals surface area contributed by atoms with Gasteiger partial charge in [-0.2, -0.15) is 5.26 Å². The number of Topliss-reactive ketones (excluding diaryl/α,β-unsaturated/α-hetero) is 4. The molecule has 0 aromatic heterocycles. The minimum absolute atomic E-state index is 0.0351. The van der Waals surface area contributed by atoms with Crippen LogP contribution in [0.1, 0.15) is 48.7 Å². The van der Waals surface area contributed by atoms with Crippen LogP contribution in [0.15, 0.2) is 6.07 Å². The van der Waals surface area contributed by atoms with Crippen molar-refractivity contribution in [2.45, 2.75) is 57.3 Å². The number of ether oxygens (including phenoxy) is 1. The summed E-state index contributed by atoms with van der Waals surface area (Å²) in [7, 11) is 2.83. The number of benzene rings is 1. The van der Waals surface area contributed by atoms with Crippen LogP contribution in [0.5, 0.6) is 5.75 Å². The van der Waals surface area contributed by atoms with Crippen LogP contribution in [0, 0.1) is 34.0 Å². The number of hydrogen-bond donors (Lipinski definition) is 6. The molecule has 0 heterocycles. The molecule has 2 unspecified atom stereocenters. The van der Waals surface area contributed by atoms with E-state index in [-0.39, 0.29) is 41.8 Å². The van der Waals surface area contributed by atoms with Gasteiger partial charge in [0, 0.05) is 12.1 Å². The molecular formula is C29H37N7O8. The number of hydrogen-bond acceptors (Lipinski definition) is 13. The molecule has 10 N–H and O–H groups in total. The van der Waals surface area contributed by atoms with Gasteiger partial charge in [0.2, 0.25) is 5.91 Å². The standard InChI is InChI=1S/C29H37N7O8/c1-26(2,3)11-44-25(43)35-14-6-12(8-30)13-7-27(33)9-29(34)21(36(4)5)20(39)16(24(32)42)22(40)28(29,10-31)23(41)17(27)19(38)15(13)18(14)37/h6,16-17,21,37H,7-9,11,30,33-34H2,1-5H3,(H2,32,42)(H,35,43)/t16?,17?,21-,27-,28+,29-/m1/s1. The molecule has 236 valence electrons. The van der Waals surface area contributed by atoms with E-state index in [1.807, 2.05) is 20.8 Å². The summed E-state index contributed by atoms with van der Waals surface area (Å²) < 4.78 is 5.20. The van der Waals surface area contributed by atoms with E-state index in [1.165, 1.54) is 25.1 Å². The molecule has 15 heteroatoms. The van der Waals surface area contributed by atoms with Gasteiger partial charge in [0.05, 0.1) is 35.5 Å². The Morgan fingerprint density at radius 1 is 1.18 bits per heavy atom. The minimum atomic E-state index is -2.87. The Bertz CT molecular complexity index is 1560. The van der Waals surface area contributed by atoms with Crippen LogP contribution in [-0.4, -0.2) is 83.0 Å². The number of nitrogens with two attached hydrogens (primary N) is 4. The minimum Gasteiger partial charge on any atom is -0.505 e. The Kier molecular flexibility index (Phi) is 7.76. The van der Waals surface area contributed by atoms with Gasteiger partial charge in [0.1, 0.15) is 11.7 Å². The Balaban J connectivity index is 1.91. The van der Waals surface area contributed by atoms with Crippen molar-refractivity contribution in [2.75, 3.05) is 26.0 Å². The highest BCUT2D eigenvalue weighted by Crippen LogP contribution is 2.57. The van der Waals surface area contributed by atoms with Gasteiger partial charge >= 0.3 is 6.09 Å². The molecule has 2 saturated carbocycles. The number of carbonyl (C=O) groups excluding carboxylic acids is 6. The van der Waals surface area contributed by atoms with Crippen LogP contribution in [0.3, 0.4) is 0 Å². The number of phenols is 1. The van der Waals surface area contributed by atoms with Gasteiger partial charge in [-0.25, -0.2) is 4.79 Å². The van der Waals surface area contributed by atoms with Crippen LogP contribution in [0.4, 0.5) is 10.5 Å². The first-order chi connectivity index (χ1) is 20.2. The zero-order valence-electron chi connectivity index (χ0n) is 25.1. The normalized spacial score (nSPS) is 31.5. The summed E-state index contributed by atoms with van der Waals surface area (Å²) in [6.45, 7) is 5.37. The van der Waals surface area contributed by atoms with E-state index in [9.17, 15) is 39.1 Å². The molecule has 0 saturated heterocycles. The van der Waals surface area contributed by atoms with Crippen LogP contribution < -0.4 is 28.3 Å². The fourth-order valence-electron chi connectivity index (χ4n) is 7.05. The van der Waals surface area contributed by atoms with E-state index < -0.39 is 81.7 Å². The smallest absolute Gasteiger partial charge is 0.411 e. The Hall–Kier alpha value is -4.23. The summed E-state index contributed by atoms with van der Waals surface area (Å²) in [5.41, 5.74) is 17.5. The number of aromatic hydroxyl groups is 1. The lowest BCUT2D eigenvalue weighted by atomic mass is 9.42. The third-order valence-electron chi connectivity index (χ3n) is 8.78. The molecule has 0 radical (unpaired) electrons. The van der Waals surface area contributed by atoms with E-state index in [0.29, 0.717) is 5.56 Å². The van der Waals surface area contributed by atoms with Crippen LogP contribution in [0.2, 0.25) is 0 Å². The largest absolute Gasteiger partial charge is 0.505 e. The maximum Gasteiger partial charge on any atom is 0.411 e. The lowest BCUT2D eigenvalue weighted by Gasteiger charge is -2.60. The number of amides is 2. The maximum atomic E-state index is 14.4. The topological polar surface area (TPSA) is 275 Å². The number of nitriles is 1. The van der Waals surface area contributed by atoms with Gasteiger partial charge in [0.25, 0.3) is 0 Å². The molecule has 3 aliphatic rings. The molecule has 6 atom stereocenters. The van der Waals surface area contributed by atoms with E-state index in [4.69, 9.17) is 27.7 Å². The van der Waals surface area contributed by atoms with Gasteiger partial charge in [0.15, 0.2) is 34.5 Å². The molecular weight excluding hydrogens is 574 g/mol. The van der Waals surface area contributed by atoms with Crippen molar-refractivity contribution in [3.05, 3.63) is 22.8 Å². The van der Waals surface area contributed by atoms with E-state index >= 15 is 0 Å². The van der Waals surface area contributed by atoms with Crippen LogP contribution in [-0.2, 0) is 36.9 Å². The van der Waals surface area contributed by atoms with Crippen molar-refractivity contribution in [1.29, 1.82) is 5.26 Å². The zero-order valence-corrected chi connectivity index (χ0v) is 25.1. The monoisotopic (exact) mass is 611 g/mol. The van der Waals surface area contributed by atoms with Crippen molar-refractivity contribution >= 4 is 40.8 Å². The average Bonchev–Trinajstić information content (AvgIpc) is 2.87. The third kappa shape index (κ3) is 4.48. The lowest BCUT2D eigenvalue weighted by Crippen LogP contribution is -2.85. The van der Waals surface area contributed by atoms with Gasteiger partial charge in [-0.05, 0) is 49.5 Å². The first-order valence-electron chi connectivity index (χ1n) is 13.8. The molecule has 3 aliphatic carbocycles. The summed E-state index contributed by atoms with van der Waals surface area (Å²) >= 11 is 0. The first-order valence-corrected chi connectivity index (χ1v) is 13.8. The summed E-state index contributed by atoms with van der Waals surface area (Å²) in [5.74, 6) is -10.9. The second-order valence-electron chi connectivity index (χ2n) is 13.4. The molecule has 0 bridgehead atoms. The number of likely N-dealkylation sites (N-methyl/N-ethyl adjacent to an activating group) is 1. The fourth-order valence-corrected chi connectivity index (χ4v) is 7.05. The Morgan fingerprint density at radius 3 is 2.30 bits per heavy atom. The van der Waals surface area contributed by atoms with E-state index in [2.05, 4.69) is 5.32 Å². The van der Waals surface area contributed by atoms with Gasteiger partial charge < -0.3 is 32.8 Å². The number of carbonyl (C=O) groups is 6. The number of nitrogens with one attached hydrogen (secondary N) is 1. The first kappa shape index (κ1) is 32.7. The molecule has 1 aromatic rings. The predicted octanol–water partition coefficient (Wildman–Crippen LogP) is -1.14. The van der Waals surface area contributed by atoms with Gasteiger partial charge in [-0.3, -0.25) is 34.2 Å². The predicted molar refractivity (Wildman–Crippen MR) is 154 cm³/mol.